The van der Waals surface area contributed by atoms with E-state index in [2.05, 4.69) is 60.0 Å². The van der Waals surface area contributed by atoms with Gasteiger partial charge in [0.2, 0.25) is 0 Å². The van der Waals surface area contributed by atoms with Crippen molar-refractivity contribution < 1.29 is 17.9 Å². The van der Waals surface area contributed by atoms with Crippen LogP contribution in [0.15, 0.2) is 102 Å². The average Bonchev–Trinajstić information content (AvgIpc) is 3.07. The second kappa shape index (κ2) is 15.5. The molecule has 0 radical (unpaired) electrons. The Balaban J connectivity index is 0.000000455. The molecule has 2 heterocycles. The second-order valence-electron chi connectivity index (χ2n) is 12.7. The first-order valence-electron chi connectivity index (χ1n) is 16.4. The largest absolute Gasteiger partial charge is 0.497 e. The second-order valence-corrected chi connectivity index (χ2v) is 14.7. The number of methoxy groups -OCH3 is 1. The van der Waals surface area contributed by atoms with Gasteiger partial charge >= 0.3 is 0 Å². The van der Waals surface area contributed by atoms with Gasteiger partial charge in [-0.15, -0.1) is 0 Å². The van der Waals surface area contributed by atoms with Crippen LogP contribution >= 0.6 is 0 Å². The Bertz CT molecular complexity index is 1640. The van der Waals surface area contributed by atoms with Gasteiger partial charge < -0.3 is 19.3 Å². The van der Waals surface area contributed by atoms with Gasteiger partial charge in [-0.2, -0.15) is 0 Å². The van der Waals surface area contributed by atoms with Gasteiger partial charge in [0.25, 0.3) is 0 Å². The normalized spacial score (nSPS) is 16.0. The number of ether oxygens (including phenoxy) is 2. The van der Waals surface area contributed by atoms with Gasteiger partial charge in [-0.25, -0.2) is 8.42 Å². The van der Waals surface area contributed by atoms with Crippen LogP contribution in [0.3, 0.4) is 0 Å². The van der Waals surface area contributed by atoms with Crippen LogP contribution in [0.1, 0.15) is 43.2 Å². The van der Waals surface area contributed by atoms with Gasteiger partial charge in [0.1, 0.15) is 17.2 Å². The summed E-state index contributed by atoms with van der Waals surface area (Å²) in [5.74, 6) is 3.99. The van der Waals surface area contributed by atoms with E-state index in [4.69, 9.17) is 9.47 Å². The van der Waals surface area contributed by atoms with Crippen molar-refractivity contribution in [1.82, 2.24) is 0 Å². The topological polar surface area (TPSA) is 59.1 Å². The maximum absolute atomic E-state index is 11.7. The van der Waals surface area contributed by atoms with E-state index in [1.165, 1.54) is 74.0 Å². The first-order valence-corrected chi connectivity index (χ1v) is 18.3. The molecule has 0 atom stereocenters. The molecule has 0 bridgehead atoms. The molecular formula is C39H48N2O4S. The molecule has 6 rings (SSSR count). The summed E-state index contributed by atoms with van der Waals surface area (Å²) >= 11 is 0. The highest BCUT2D eigenvalue weighted by molar-refractivity contribution is 7.90. The van der Waals surface area contributed by atoms with E-state index in [1.54, 1.807) is 31.4 Å². The van der Waals surface area contributed by atoms with Crippen LogP contribution in [0.2, 0.25) is 0 Å². The summed E-state index contributed by atoms with van der Waals surface area (Å²) in [5.41, 5.74) is 5.28. The van der Waals surface area contributed by atoms with Crippen LogP contribution in [0.5, 0.6) is 17.2 Å². The highest BCUT2D eigenvalue weighted by atomic mass is 32.2. The maximum Gasteiger partial charge on any atom is 0.175 e. The Morgan fingerprint density at radius 2 is 1.15 bits per heavy atom. The van der Waals surface area contributed by atoms with Crippen LogP contribution in [0, 0.1) is 25.7 Å². The Labute approximate surface area is 275 Å². The predicted molar refractivity (Wildman–Crippen MR) is 189 cm³/mol. The lowest BCUT2D eigenvalue weighted by molar-refractivity contribution is 0.279. The third kappa shape index (κ3) is 9.06. The molecule has 2 fully saturated rings. The summed E-state index contributed by atoms with van der Waals surface area (Å²) in [7, 11) is -1.55. The van der Waals surface area contributed by atoms with Crippen LogP contribution in [0.25, 0.3) is 0 Å². The molecule has 0 N–H and O–H groups in total. The smallest absolute Gasteiger partial charge is 0.175 e. The molecule has 0 saturated carbocycles. The molecule has 0 aliphatic carbocycles. The average molecular weight is 641 g/mol. The summed E-state index contributed by atoms with van der Waals surface area (Å²) in [6.07, 6.45) is 7.68. The first kappa shape index (κ1) is 33.4. The number of hydrogen-bond acceptors (Lipinski definition) is 6. The lowest BCUT2D eigenvalue weighted by Crippen LogP contribution is -2.37. The van der Waals surface area contributed by atoms with Gasteiger partial charge in [-0.05, 0) is 117 Å². The molecule has 7 heteroatoms. The minimum Gasteiger partial charge on any atom is -0.497 e. The van der Waals surface area contributed by atoms with E-state index in [-0.39, 0.29) is 0 Å². The van der Waals surface area contributed by atoms with Gasteiger partial charge in [-0.1, -0.05) is 42.5 Å². The Morgan fingerprint density at radius 1 is 0.630 bits per heavy atom. The first-order chi connectivity index (χ1) is 22.2. The van der Waals surface area contributed by atoms with Crippen molar-refractivity contribution in [2.75, 3.05) is 49.3 Å². The van der Waals surface area contributed by atoms with Gasteiger partial charge in [0.15, 0.2) is 9.84 Å². The SMILES string of the molecule is COc1ccccc1.Cc1ccccc1N1CCC(CC2CCN(c3cc(Oc4ccc(S(C)(=O)=O)cc4)ccc3C)CC2)CC1. The third-order valence-electron chi connectivity index (χ3n) is 9.34. The number of sulfone groups is 1. The van der Waals surface area contributed by atoms with Crippen LogP contribution in [-0.2, 0) is 9.84 Å². The Morgan fingerprint density at radius 3 is 1.70 bits per heavy atom. The molecule has 2 saturated heterocycles. The molecule has 0 aromatic heterocycles. The monoisotopic (exact) mass is 640 g/mol. The van der Waals surface area contributed by atoms with Crippen LogP contribution in [0.4, 0.5) is 11.4 Å². The molecule has 244 valence electrons. The van der Waals surface area contributed by atoms with Crippen molar-refractivity contribution in [3.8, 4) is 17.2 Å². The number of aryl methyl sites for hydroxylation is 2. The van der Waals surface area contributed by atoms with Gasteiger partial charge in [0.05, 0.1) is 12.0 Å². The fourth-order valence-electron chi connectivity index (χ4n) is 6.65. The highest BCUT2D eigenvalue weighted by Crippen LogP contribution is 2.35. The number of hydrogen-bond donors (Lipinski definition) is 0. The Hall–Kier alpha value is -3.97. The van der Waals surface area contributed by atoms with E-state index < -0.39 is 9.84 Å². The Kier molecular flexibility index (Phi) is 11.3. The van der Waals surface area contributed by atoms with E-state index in [0.717, 1.165) is 36.4 Å². The molecular weight excluding hydrogens is 593 g/mol. The zero-order chi connectivity index (χ0) is 32.5. The van der Waals surface area contributed by atoms with Crippen molar-refractivity contribution in [1.29, 1.82) is 0 Å². The number of nitrogens with zero attached hydrogens (tertiary/aromatic N) is 2. The number of anilines is 2. The zero-order valence-electron chi connectivity index (χ0n) is 27.7. The standard InChI is InChI=1S/C32H40N2O3S.C7H8O/c1-24-6-4-5-7-31(24)33-18-14-26(15-19-33)22-27-16-20-34(21-17-27)32-23-29(9-8-25(32)2)37-28-10-12-30(13-11-28)38(3,35)36;1-8-7-5-3-2-4-6-7/h4-13,23,26-27H,14-22H2,1-3H3;2-6H,1H3. The van der Waals surface area contributed by atoms with Crippen molar-refractivity contribution in [3.05, 3.63) is 108 Å². The number of piperidine rings is 2. The van der Waals surface area contributed by atoms with Gasteiger partial charge in [-0.3, -0.25) is 0 Å². The minimum atomic E-state index is -3.21. The molecule has 46 heavy (non-hydrogen) atoms. The van der Waals surface area contributed by atoms with Gasteiger partial charge in [0, 0.05) is 49.9 Å². The van der Waals surface area contributed by atoms with Crippen LogP contribution in [-0.4, -0.2) is 48.0 Å². The summed E-state index contributed by atoms with van der Waals surface area (Å²) in [5, 5.41) is 0. The van der Waals surface area contributed by atoms with Crippen LogP contribution < -0.4 is 19.3 Å². The fourth-order valence-corrected chi connectivity index (χ4v) is 7.28. The lowest BCUT2D eigenvalue weighted by Gasteiger charge is -2.39. The molecule has 2 aliphatic rings. The predicted octanol–water partition coefficient (Wildman–Crippen LogP) is 8.72. The summed E-state index contributed by atoms with van der Waals surface area (Å²) < 4.78 is 34.4. The van der Waals surface area contributed by atoms with Crippen molar-refractivity contribution in [2.45, 2.75) is 50.8 Å². The quantitative estimate of drug-likeness (QED) is 0.192. The minimum absolute atomic E-state index is 0.300. The van der Waals surface area contributed by atoms with E-state index in [9.17, 15) is 8.42 Å². The molecule has 0 spiro atoms. The fraction of sp³-hybridized carbons (Fsp3) is 0.385. The molecule has 4 aromatic carbocycles. The third-order valence-corrected chi connectivity index (χ3v) is 10.5. The molecule has 4 aromatic rings. The number of para-hydroxylation sites is 2. The van der Waals surface area contributed by atoms with Crippen molar-refractivity contribution in [2.24, 2.45) is 11.8 Å². The molecule has 6 nitrogen and oxygen atoms in total. The highest BCUT2D eigenvalue weighted by Gasteiger charge is 2.26. The summed E-state index contributed by atoms with van der Waals surface area (Å²) in [4.78, 5) is 5.38. The summed E-state index contributed by atoms with van der Waals surface area (Å²) in [6, 6.07) is 31.3. The number of benzene rings is 4. The van der Waals surface area contributed by atoms with E-state index in [1.807, 2.05) is 36.4 Å². The maximum atomic E-state index is 11.7. The van der Waals surface area contributed by atoms with Crippen molar-refractivity contribution in [3.63, 3.8) is 0 Å². The van der Waals surface area contributed by atoms with E-state index >= 15 is 0 Å². The zero-order valence-corrected chi connectivity index (χ0v) is 28.5. The number of rotatable bonds is 8. The molecule has 0 unspecified atom stereocenters. The van der Waals surface area contributed by atoms with E-state index in [0.29, 0.717) is 10.6 Å². The molecule has 2 aliphatic heterocycles. The van der Waals surface area contributed by atoms with Crippen molar-refractivity contribution >= 4 is 21.2 Å². The summed E-state index contributed by atoms with van der Waals surface area (Å²) in [6.45, 7) is 8.90. The lowest BCUT2D eigenvalue weighted by atomic mass is 9.82. The molecule has 0 amide bonds.